The Labute approximate surface area is 187 Å². The van der Waals surface area contributed by atoms with E-state index in [1.54, 1.807) is 32.9 Å². The number of rotatable bonds is 5. The zero-order valence-corrected chi connectivity index (χ0v) is 18.8. The number of nitrogens with two attached hydrogens (primary N) is 1. The maximum Gasteiger partial charge on any atom is 0.310 e. The summed E-state index contributed by atoms with van der Waals surface area (Å²) >= 11 is 0. The van der Waals surface area contributed by atoms with Gasteiger partial charge in [-0.3, -0.25) is 9.59 Å². The first-order chi connectivity index (χ1) is 15.1. The van der Waals surface area contributed by atoms with Crippen molar-refractivity contribution in [2.75, 3.05) is 22.5 Å². The molecule has 1 heterocycles. The highest BCUT2D eigenvalue weighted by molar-refractivity contribution is 6.06. The molecule has 2 fully saturated rings. The molecule has 170 valence electrons. The van der Waals surface area contributed by atoms with E-state index in [0.29, 0.717) is 28.5 Å². The standard InChI is InChI=1S/C25H30FN3O3/c1-25(2,3)32-23(30)13-17-11-18(26)6-8-21(17)28-24(31)16-5-9-22(20(27)12-16)29-14-15-4-7-19(29)10-15/h5-6,8-9,11-12,15,19H,4,7,10,13-14,27H2,1-3H3,(H,28,31). The lowest BCUT2D eigenvalue weighted by atomic mass is 10.1. The molecule has 2 aliphatic rings. The first-order valence-corrected chi connectivity index (χ1v) is 11.1. The summed E-state index contributed by atoms with van der Waals surface area (Å²) in [5, 5.41) is 2.78. The van der Waals surface area contributed by atoms with Crippen LogP contribution in [0.25, 0.3) is 0 Å². The van der Waals surface area contributed by atoms with Gasteiger partial charge in [0.25, 0.3) is 5.91 Å². The van der Waals surface area contributed by atoms with Gasteiger partial charge in [-0.05, 0) is 87.9 Å². The van der Waals surface area contributed by atoms with Gasteiger partial charge in [0.15, 0.2) is 0 Å². The maximum atomic E-state index is 13.8. The van der Waals surface area contributed by atoms with Gasteiger partial charge < -0.3 is 20.7 Å². The summed E-state index contributed by atoms with van der Waals surface area (Å²) in [6, 6.07) is 9.80. The van der Waals surface area contributed by atoms with Crippen LogP contribution in [-0.2, 0) is 16.0 Å². The maximum absolute atomic E-state index is 13.8. The van der Waals surface area contributed by atoms with Gasteiger partial charge in [0.2, 0.25) is 0 Å². The molecule has 0 radical (unpaired) electrons. The first-order valence-electron chi connectivity index (χ1n) is 11.1. The number of carbonyl (C=O) groups excluding carboxylic acids is 2. The molecule has 0 aromatic heterocycles. The third-order valence-corrected chi connectivity index (χ3v) is 6.08. The molecule has 2 aromatic rings. The Kier molecular flexibility index (Phi) is 5.84. The van der Waals surface area contributed by atoms with Crippen LogP contribution in [0.3, 0.4) is 0 Å². The summed E-state index contributed by atoms with van der Waals surface area (Å²) < 4.78 is 19.1. The Balaban J connectivity index is 1.49. The average Bonchev–Trinajstić information content (AvgIpc) is 3.32. The molecule has 3 N–H and O–H groups in total. The molecule has 0 spiro atoms. The van der Waals surface area contributed by atoms with Crippen molar-refractivity contribution in [2.45, 2.75) is 58.1 Å². The highest BCUT2D eigenvalue weighted by atomic mass is 19.1. The molecule has 4 rings (SSSR count). The summed E-state index contributed by atoms with van der Waals surface area (Å²) in [7, 11) is 0. The number of hydrogen-bond acceptors (Lipinski definition) is 5. The second-order valence-electron chi connectivity index (χ2n) is 9.78. The minimum absolute atomic E-state index is 0.150. The van der Waals surface area contributed by atoms with Crippen LogP contribution in [0.4, 0.5) is 21.5 Å². The third-order valence-electron chi connectivity index (χ3n) is 6.08. The zero-order chi connectivity index (χ0) is 23.0. The number of nitrogens with one attached hydrogen (secondary N) is 1. The second kappa shape index (κ2) is 8.45. The summed E-state index contributed by atoms with van der Waals surface area (Å²) in [5.74, 6) is -0.616. The first kappa shape index (κ1) is 22.1. The van der Waals surface area contributed by atoms with Crippen LogP contribution in [0.15, 0.2) is 36.4 Å². The molecular formula is C25H30FN3O3. The molecule has 32 heavy (non-hydrogen) atoms. The van der Waals surface area contributed by atoms with Crippen molar-refractivity contribution in [2.24, 2.45) is 5.92 Å². The van der Waals surface area contributed by atoms with Gasteiger partial charge in [-0.15, -0.1) is 0 Å². The van der Waals surface area contributed by atoms with Crippen molar-refractivity contribution in [1.82, 2.24) is 0 Å². The van der Waals surface area contributed by atoms with Crippen molar-refractivity contribution in [1.29, 1.82) is 0 Å². The number of ether oxygens (including phenoxy) is 1. The number of benzene rings is 2. The lowest BCUT2D eigenvalue weighted by molar-refractivity contribution is -0.153. The number of piperidine rings is 1. The van der Waals surface area contributed by atoms with E-state index in [2.05, 4.69) is 10.2 Å². The Morgan fingerprint density at radius 2 is 1.97 bits per heavy atom. The van der Waals surface area contributed by atoms with E-state index >= 15 is 0 Å². The minimum Gasteiger partial charge on any atom is -0.460 e. The van der Waals surface area contributed by atoms with Crippen molar-refractivity contribution < 1.29 is 18.7 Å². The van der Waals surface area contributed by atoms with E-state index in [1.807, 2.05) is 6.07 Å². The molecular weight excluding hydrogens is 409 g/mol. The van der Waals surface area contributed by atoms with E-state index in [0.717, 1.165) is 18.2 Å². The Hall–Kier alpha value is -3.09. The molecule has 1 aliphatic carbocycles. The van der Waals surface area contributed by atoms with Crippen LogP contribution in [0.2, 0.25) is 0 Å². The monoisotopic (exact) mass is 439 g/mol. The van der Waals surface area contributed by atoms with Crippen LogP contribution in [-0.4, -0.2) is 30.1 Å². The van der Waals surface area contributed by atoms with Gasteiger partial charge in [-0.25, -0.2) is 4.39 Å². The molecule has 1 saturated heterocycles. The van der Waals surface area contributed by atoms with Crippen molar-refractivity contribution >= 4 is 28.9 Å². The Morgan fingerprint density at radius 1 is 1.19 bits per heavy atom. The number of esters is 1. The number of halogens is 1. The normalized spacial score (nSPS) is 19.8. The van der Waals surface area contributed by atoms with Crippen molar-refractivity contribution in [3.05, 3.63) is 53.3 Å². The van der Waals surface area contributed by atoms with Crippen LogP contribution in [0, 0.1) is 11.7 Å². The van der Waals surface area contributed by atoms with E-state index < -0.39 is 17.4 Å². The van der Waals surface area contributed by atoms with E-state index in [9.17, 15) is 14.0 Å². The van der Waals surface area contributed by atoms with Gasteiger partial charge in [0, 0.05) is 23.8 Å². The summed E-state index contributed by atoms with van der Waals surface area (Å²) in [4.78, 5) is 27.5. The largest absolute Gasteiger partial charge is 0.460 e. The number of hydrogen-bond donors (Lipinski definition) is 2. The van der Waals surface area contributed by atoms with E-state index in [1.165, 1.54) is 37.5 Å². The number of carbonyl (C=O) groups is 2. The molecule has 1 saturated carbocycles. The predicted octanol–water partition coefficient (Wildman–Crippen LogP) is 4.53. The molecule has 1 amide bonds. The summed E-state index contributed by atoms with van der Waals surface area (Å²) in [6.45, 7) is 6.31. The van der Waals surface area contributed by atoms with E-state index in [4.69, 9.17) is 10.5 Å². The topological polar surface area (TPSA) is 84.7 Å². The van der Waals surface area contributed by atoms with Crippen molar-refractivity contribution in [3.63, 3.8) is 0 Å². The van der Waals surface area contributed by atoms with Crippen LogP contribution >= 0.6 is 0 Å². The quantitative estimate of drug-likeness (QED) is 0.528. The third kappa shape index (κ3) is 4.87. The Morgan fingerprint density at radius 3 is 2.59 bits per heavy atom. The molecule has 1 aliphatic heterocycles. The SMILES string of the molecule is CC(C)(C)OC(=O)Cc1cc(F)ccc1NC(=O)c1ccc(N2CC3CCC2C3)c(N)c1. The number of nitrogens with zero attached hydrogens (tertiary/aromatic N) is 1. The molecule has 2 atom stereocenters. The van der Waals surface area contributed by atoms with Crippen molar-refractivity contribution in [3.8, 4) is 0 Å². The Bertz CT molecular complexity index is 1050. The number of anilines is 3. The molecule has 2 aromatic carbocycles. The highest BCUT2D eigenvalue weighted by Crippen LogP contribution is 2.42. The van der Waals surface area contributed by atoms with Gasteiger partial charge >= 0.3 is 5.97 Å². The zero-order valence-electron chi connectivity index (χ0n) is 18.8. The van der Waals surface area contributed by atoms with Crippen LogP contribution < -0.4 is 16.0 Å². The summed E-state index contributed by atoms with van der Waals surface area (Å²) in [5.41, 5.74) is 8.32. The lowest BCUT2D eigenvalue weighted by Gasteiger charge is -2.30. The van der Waals surface area contributed by atoms with Gasteiger partial charge in [0.1, 0.15) is 11.4 Å². The smallest absolute Gasteiger partial charge is 0.310 e. The van der Waals surface area contributed by atoms with Gasteiger partial charge in [-0.1, -0.05) is 0 Å². The van der Waals surface area contributed by atoms with Gasteiger partial charge in [-0.2, -0.15) is 0 Å². The number of fused-ring (bicyclic) bond motifs is 2. The van der Waals surface area contributed by atoms with Crippen LogP contribution in [0.1, 0.15) is 56.0 Å². The van der Waals surface area contributed by atoms with Crippen LogP contribution in [0.5, 0.6) is 0 Å². The molecule has 2 bridgehead atoms. The fourth-order valence-electron chi connectivity index (χ4n) is 4.74. The lowest BCUT2D eigenvalue weighted by Crippen LogP contribution is -2.32. The second-order valence-corrected chi connectivity index (χ2v) is 9.78. The molecule has 7 heteroatoms. The average molecular weight is 440 g/mol. The number of nitrogen functional groups attached to an aromatic ring is 1. The fraction of sp³-hybridized carbons (Fsp3) is 0.440. The minimum atomic E-state index is -0.651. The van der Waals surface area contributed by atoms with E-state index in [-0.39, 0.29) is 12.3 Å². The molecule has 6 nitrogen and oxygen atoms in total. The fourth-order valence-corrected chi connectivity index (χ4v) is 4.74. The number of amides is 1. The molecule has 2 unspecified atom stereocenters. The van der Waals surface area contributed by atoms with Gasteiger partial charge in [0.05, 0.1) is 17.8 Å². The summed E-state index contributed by atoms with van der Waals surface area (Å²) in [6.07, 6.45) is 3.54. The predicted molar refractivity (Wildman–Crippen MR) is 123 cm³/mol. The highest BCUT2D eigenvalue weighted by Gasteiger charge is 2.38.